The zero-order valence-corrected chi connectivity index (χ0v) is 17.0. The SMILES string of the molecule is O=C(CCc1ccc(S(=O)(=O)N2CCOCC2)cc1)NNC(=O)c1ccccc1F. The molecule has 0 atom stereocenters. The van der Waals surface area contributed by atoms with E-state index in [1.165, 1.54) is 34.6 Å². The molecule has 2 amide bonds. The summed E-state index contributed by atoms with van der Waals surface area (Å²) in [5.41, 5.74) is 5.00. The fourth-order valence-electron chi connectivity index (χ4n) is 2.92. The van der Waals surface area contributed by atoms with Crippen LogP contribution in [-0.4, -0.2) is 50.8 Å². The Morgan fingerprint density at radius 1 is 1.00 bits per heavy atom. The van der Waals surface area contributed by atoms with E-state index >= 15 is 0 Å². The van der Waals surface area contributed by atoms with E-state index in [4.69, 9.17) is 4.74 Å². The van der Waals surface area contributed by atoms with Crippen LogP contribution in [0.2, 0.25) is 0 Å². The first-order valence-electron chi connectivity index (χ1n) is 9.38. The normalized spacial score (nSPS) is 14.8. The molecule has 1 saturated heterocycles. The molecule has 160 valence electrons. The Bertz CT molecular complexity index is 1010. The van der Waals surface area contributed by atoms with Crippen LogP contribution in [-0.2, 0) is 26.0 Å². The van der Waals surface area contributed by atoms with Gasteiger partial charge in [0.05, 0.1) is 23.7 Å². The number of amides is 2. The molecule has 0 saturated carbocycles. The summed E-state index contributed by atoms with van der Waals surface area (Å²) in [7, 11) is -3.56. The molecule has 8 nitrogen and oxygen atoms in total. The van der Waals surface area contributed by atoms with Gasteiger partial charge in [0.2, 0.25) is 15.9 Å². The summed E-state index contributed by atoms with van der Waals surface area (Å²) < 4.78 is 45.3. The van der Waals surface area contributed by atoms with Gasteiger partial charge in [-0.3, -0.25) is 20.4 Å². The van der Waals surface area contributed by atoms with Crippen molar-refractivity contribution in [3.05, 3.63) is 65.5 Å². The predicted molar refractivity (Wildman–Crippen MR) is 106 cm³/mol. The lowest BCUT2D eigenvalue weighted by atomic mass is 10.1. The van der Waals surface area contributed by atoms with Gasteiger partial charge in [-0.25, -0.2) is 12.8 Å². The molecular weight excluding hydrogens is 413 g/mol. The Hall–Kier alpha value is -2.82. The van der Waals surface area contributed by atoms with E-state index in [0.29, 0.717) is 32.7 Å². The zero-order valence-electron chi connectivity index (χ0n) is 16.1. The van der Waals surface area contributed by atoms with Gasteiger partial charge in [0.25, 0.3) is 5.91 Å². The molecule has 2 aromatic rings. The number of hydrazine groups is 1. The van der Waals surface area contributed by atoms with Crippen LogP contribution in [0.15, 0.2) is 53.4 Å². The zero-order chi connectivity index (χ0) is 21.6. The average Bonchev–Trinajstić information content (AvgIpc) is 2.77. The molecule has 1 heterocycles. The minimum absolute atomic E-state index is 0.0626. The molecule has 1 fully saturated rings. The van der Waals surface area contributed by atoms with Crippen molar-refractivity contribution in [2.45, 2.75) is 17.7 Å². The Morgan fingerprint density at radius 3 is 2.33 bits per heavy atom. The maximum Gasteiger partial charge on any atom is 0.272 e. The van der Waals surface area contributed by atoms with E-state index < -0.39 is 27.7 Å². The van der Waals surface area contributed by atoms with Crippen LogP contribution in [0.1, 0.15) is 22.3 Å². The topological polar surface area (TPSA) is 105 Å². The molecule has 1 aliphatic rings. The molecule has 3 rings (SSSR count). The van der Waals surface area contributed by atoms with Gasteiger partial charge >= 0.3 is 0 Å². The predicted octanol–water partition coefficient (Wildman–Crippen LogP) is 1.24. The monoisotopic (exact) mass is 435 g/mol. The van der Waals surface area contributed by atoms with E-state index in [9.17, 15) is 22.4 Å². The van der Waals surface area contributed by atoms with Crippen LogP contribution in [0, 0.1) is 5.82 Å². The number of hydrogen-bond acceptors (Lipinski definition) is 5. The highest BCUT2D eigenvalue weighted by molar-refractivity contribution is 7.89. The highest BCUT2D eigenvalue weighted by atomic mass is 32.2. The van der Waals surface area contributed by atoms with Crippen molar-refractivity contribution in [1.29, 1.82) is 0 Å². The second kappa shape index (κ2) is 9.79. The second-order valence-corrected chi connectivity index (χ2v) is 8.58. The third-order valence-electron chi connectivity index (χ3n) is 4.61. The molecule has 2 aromatic carbocycles. The summed E-state index contributed by atoms with van der Waals surface area (Å²) in [4.78, 5) is 24.0. The number of hydrogen-bond donors (Lipinski definition) is 2. The van der Waals surface area contributed by atoms with Crippen LogP contribution in [0.4, 0.5) is 4.39 Å². The van der Waals surface area contributed by atoms with Gasteiger partial charge in [-0.2, -0.15) is 4.31 Å². The van der Waals surface area contributed by atoms with Crippen molar-refractivity contribution in [2.24, 2.45) is 0 Å². The van der Waals surface area contributed by atoms with Gasteiger partial charge in [0.15, 0.2) is 0 Å². The third-order valence-corrected chi connectivity index (χ3v) is 6.52. The van der Waals surface area contributed by atoms with E-state index in [1.807, 2.05) is 0 Å². The quantitative estimate of drug-likeness (QED) is 0.665. The largest absolute Gasteiger partial charge is 0.379 e. The Balaban J connectivity index is 1.49. The maximum atomic E-state index is 13.5. The summed E-state index contributed by atoms with van der Waals surface area (Å²) in [6, 6.07) is 11.8. The van der Waals surface area contributed by atoms with Crippen LogP contribution < -0.4 is 10.9 Å². The Kier molecular flexibility index (Phi) is 7.14. The van der Waals surface area contributed by atoms with Crippen molar-refractivity contribution < 1.29 is 27.1 Å². The Labute approximate surface area is 174 Å². The first kappa shape index (κ1) is 21.9. The summed E-state index contributed by atoms with van der Waals surface area (Å²) in [5.74, 6) is -1.89. The molecule has 10 heteroatoms. The molecule has 0 aliphatic carbocycles. The van der Waals surface area contributed by atoms with Crippen LogP contribution in [0.3, 0.4) is 0 Å². The van der Waals surface area contributed by atoms with Gasteiger partial charge in [0, 0.05) is 19.5 Å². The average molecular weight is 435 g/mol. The molecule has 1 aliphatic heterocycles. The van der Waals surface area contributed by atoms with Crippen LogP contribution in [0.5, 0.6) is 0 Å². The van der Waals surface area contributed by atoms with Gasteiger partial charge in [-0.05, 0) is 36.2 Å². The molecule has 0 bridgehead atoms. The summed E-state index contributed by atoms with van der Waals surface area (Å²) in [6.07, 6.45) is 0.409. The summed E-state index contributed by atoms with van der Waals surface area (Å²) >= 11 is 0. The molecule has 30 heavy (non-hydrogen) atoms. The van der Waals surface area contributed by atoms with Crippen molar-refractivity contribution >= 4 is 21.8 Å². The van der Waals surface area contributed by atoms with Gasteiger partial charge in [-0.15, -0.1) is 0 Å². The van der Waals surface area contributed by atoms with E-state index in [0.717, 1.165) is 11.6 Å². The van der Waals surface area contributed by atoms with E-state index in [2.05, 4.69) is 10.9 Å². The molecule has 0 spiro atoms. The number of carbonyl (C=O) groups excluding carboxylic acids is 2. The highest BCUT2D eigenvalue weighted by Crippen LogP contribution is 2.18. The number of nitrogens with zero attached hydrogens (tertiary/aromatic N) is 1. The molecular formula is C20H22FN3O5S. The summed E-state index contributed by atoms with van der Waals surface area (Å²) in [6.45, 7) is 1.39. The van der Waals surface area contributed by atoms with E-state index in [-0.39, 0.29) is 16.9 Å². The molecule has 2 N–H and O–H groups in total. The molecule has 0 unspecified atom stereocenters. The lowest BCUT2D eigenvalue weighted by Crippen LogP contribution is -2.42. The van der Waals surface area contributed by atoms with Crippen LogP contribution >= 0.6 is 0 Å². The lowest BCUT2D eigenvalue weighted by molar-refractivity contribution is -0.121. The number of benzene rings is 2. The minimum Gasteiger partial charge on any atom is -0.379 e. The summed E-state index contributed by atoms with van der Waals surface area (Å²) in [5, 5.41) is 0. The van der Waals surface area contributed by atoms with Gasteiger partial charge in [-0.1, -0.05) is 24.3 Å². The van der Waals surface area contributed by atoms with E-state index in [1.54, 1.807) is 12.1 Å². The minimum atomic E-state index is -3.56. The first-order valence-corrected chi connectivity index (χ1v) is 10.8. The number of aryl methyl sites for hydroxylation is 1. The highest BCUT2D eigenvalue weighted by Gasteiger charge is 2.26. The fourth-order valence-corrected chi connectivity index (χ4v) is 4.33. The number of ether oxygens (including phenoxy) is 1. The van der Waals surface area contributed by atoms with Crippen molar-refractivity contribution in [3.63, 3.8) is 0 Å². The fraction of sp³-hybridized carbons (Fsp3) is 0.300. The molecule has 0 aromatic heterocycles. The third kappa shape index (κ3) is 5.41. The number of morpholine rings is 1. The number of halogens is 1. The number of rotatable bonds is 6. The number of carbonyl (C=O) groups is 2. The van der Waals surface area contributed by atoms with Gasteiger partial charge in [0.1, 0.15) is 5.82 Å². The first-order chi connectivity index (χ1) is 14.4. The molecule has 0 radical (unpaired) electrons. The maximum absolute atomic E-state index is 13.5. The van der Waals surface area contributed by atoms with Crippen molar-refractivity contribution in [2.75, 3.05) is 26.3 Å². The standard InChI is InChI=1S/C20H22FN3O5S/c21-18-4-2-1-3-17(18)20(26)23-22-19(25)10-7-15-5-8-16(9-6-15)30(27,28)24-11-13-29-14-12-24/h1-6,8-9H,7,10-14H2,(H,22,25)(H,23,26). The van der Waals surface area contributed by atoms with Crippen molar-refractivity contribution in [3.8, 4) is 0 Å². The smallest absolute Gasteiger partial charge is 0.272 e. The lowest BCUT2D eigenvalue weighted by Gasteiger charge is -2.26. The van der Waals surface area contributed by atoms with Crippen LogP contribution in [0.25, 0.3) is 0 Å². The van der Waals surface area contributed by atoms with Gasteiger partial charge < -0.3 is 4.74 Å². The second-order valence-electron chi connectivity index (χ2n) is 6.64. The number of sulfonamides is 1. The Morgan fingerprint density at radius 2 is 1.67 bits per heavy atom. The number of nitrogens with one attached hydrogen (secondary N) is 2. The van der Waals surface area contributed by atoms with Crippen molar-refractivity contribution in [1.82, 2.24) is 15.2 Å².